The Morgan fingerprint density at radius 1 is 1.20 bits per heavy atom. The maximum Gasteiger partial charge on any atom is 0.257 e. The molecule has 1 amide bonds. The summed E-state index contributed by atoms with van der Waals surface area (Å²) in [4.78, 5) is 16.2. The number of benzene rings is 2. The fourth-order valence-electron chi connectivity index (χ4n) is 1.81. The van der Waals surface area contributed by atoms with Crippen LogP contribution in [0.15, 0.2) is 47.2 Å². The maximum absolute atomic E-state index is 12.2. The van der Waals surface area contributed by atoms with Crippen molar-refractivity contribution < 1.29 is 9.21 Å². The van der Waals surface area contributed by atoms with E-state index in [0.717, 1.165) is 0 Å². The average Bonchev–Trinajstić information content (AvgIpc) is 2.89. The van der Waals surface area contributed by atoms with E-state index >= 15 is 0 Å². The van der Waals surface area contributed by atoms with Gasteiger partial charge in [-0.1, -0.05) is 29.3 Å². The maximum atomic E-state index is 12.2. The van der Waals surface area contributed by atoms with Crippen LogP contribution in [-0.4, -0.2) is 10.9 Å². The number of carbonyl (C=O) groups excluding carboxylic acids is 1. The van der Waals surface area contributed by atoms with Crippen molar-refractivity contribution in [1.82, 2.24) is 4.98 Å². The van der Waals surface area contributed by atoms with Crippen LogP contribution in [0, 0.1) is 0 Å². The molecule has 3 rings (SSSR count). The number of hydrogen-bond acceptors (Lipinski definition) is 3. The number of hydrogen-bond donors (Lipinski definition) is 1. The third-order valence-corrected chi connectivity index (χ3v) is 3.60. The second-order valence-electron chi connectivity index (χ2n) is 4.09. The van der Waals surface area contributed by atoms with E-state index in [-0.39, 0.29) is 10.9 Å². The molecular formula is C14H8Cl2N2O2. The first kappa shape index (κ1) is 13.0. The fourth-order valence-corrected chi connectivity index (χ4v) is 2.20. The molecule has 0 radical (unpaired) electrons. The minimum Gasteiger partial charge on any atom is -0.443 e. The van der Waals surface area contributed by atoms with Crippen molar-refractivity contribution in [3.8, 4) is 0 Å². The molecule has 0 fully saturated rings. The van der Waals surface area contributed by atoms with E-state index in [9.17, 15) is 4.79 Å². The number of rotatable bonds is 2. The Bertz CT molecular complexity index is 799. The minimum absolute atomic E-state index is 0.231. The first-order valence-electron chi connectivity index (χ1n) is 5.74. The predicted molar refractivity (Wildman–Crippen MR) is 78.4 cm³/mol. The van der Waals surface area contributed by atoms with Gasteiger partial charge in [0.15, 0.2) is 12.0 Å². The third kappa shape index (κ3) is 2.35. The van der Waals surface area contributed by atoms with Gasteiger partial charge in [-0.05, 0) is 30.3 Å². The zero-order valence-corrected chi connectivity index (χ0v) is 11.6. The predicted octanol–water partition coefficient (Wildman–Crippen LogP) is 4.39. The van der Waals surface area contributed by atoms with Crippen LogP contribution in [0.1, 0.15) is 10.4 Å². The standard InChI is InChI=1S/C14H8Cl2N2O2/c15-10-3-1-2-9(13(10)16)14(19)18-8-4-5-12-11(6-8)17-7-20-12/h1-7H,(H,18,19). The van der Waals surface area contributed by atoms with Crippen LogP contribution in [0.4, 0.5) is 5.69 Å². The molecule has 100 valence electrons. The third-order valence-electron chi connectivity index (χ3n) is 2.78. The van der Waals surface area contributed by atoms with E-state index in [2.05, 4.69) is 10.3 Å². The number of amides is 1. The van der Waals surface area contributed by atoms with Crippen molar-refractivity contribution in [2.75, 3.05) is 5.32 Å². The van der Waals surface area contributed by atoms with Crippen LogP contribution in [0.5, 0.6) is 0 Å². The smallest absolute Gasteiger partial charge is 0.257 e. The van der Waals surface area contributed by atoms with Crippen LogP contribution < -0.4 is 5.32 Å². The number of nitrogens with zero attached hydrogens (tertiary/aromatic N) is 1. The molecule has 0 spiro atoms. The molecule has 0 bridgehead atoms. The van der Waals surface area contributed by atoms with E-state index in [1.165, 1.54) is 6.39 Å². The van der Waals surface area contributed by atoms with E-state index < -0.39 is 0 Å². The van der Waals surface area contributed by atoms with Crippen LogP contribution in [0.25, 0.3) is 11.1 Å². The van der Waals surface area contributed by atoms with Crippen LogP contribution in [0.3, 0.4) is 0 Å². The molecule has 0 saturated heterocycles. The Labute approximate surface area is 124 Å². The number of fused-ring (bicyclic) bond motifs is 1. The minimum atomic E-state index is -0.333. The lowest BCUT2D eigenvalue weighted by Crippen LogP contribution is -2.12. The summed E-state index contributed by atoms with van der Waals surface area (Å²) in [7, 11) is 0. The SMILES string of the molecule is O=C(Nc1ccc2ocnc2c1)c1cccc(Cl)c1Cl. The zero-order chi connectivity index (χ0) is 14.1. The highest BCUT2D eigenvalue weighted by molar-refractivity contribution is 6.44. The summed E-state index contributed by atoms with van der Waals surface area (Å²) in [6.45, 7) is 0. The van der Waals surface area contributed by atoms with Crippen LogP contribution >= 0.6 is 23.2 Å². The monoisotopic (exact) mass is 306 g/mol. The molecule has 1 N–H and O–H groups in total. The molecule has 0 aliphatic rings. The second kappa shape index (κ2) is 5.15. The lowest BCUT2D eigenvalue weighted by atomic mass is 10.2. The van der Waals surface area contributed by atoms with E-state index in [0.29, 0.717) is 27.4 Å². The highest BCUT2D eigenvalue weighted by Crippen LogP contribution is 2.26. The quantitative estimate of drug-likeness (QED) is 0.764. The molecule has 4 nitrogen and oxygen atoms in total. The van der Waals surface area contributed by atoms with Gasteiger partial charge in [-0.25, -0.2) is 4.98 Å². The van der Waals surface area contributed by atoms with Gasteiger partial charge < -0.3 is 9.73 Å². The van der Waals surface area contributed by atoms with Crippen LogP contribution in [-0.2, 0) is 0 Å². The molecule has 1 aromatic heterocycles. The number of carbonyl (C=O) groups is 1. The lowest BCUT2D eigenvalue weighted by molar-refractivity contribution is 0.102. The van der Waals surface area contributed by atoms with Gasteiger partial charge >= 0.3 is 0 Å². The lowest BCUT2D eigenvalue weighted by Gasteiger charge is -2.07. The first-order chi connectivity index (χ1) is 9.65. The van der Waals surface area contributed by atoms with Crippen molar-refractivity contribution in [3.63, 3.8) is 0 Å². The second-order valence-corrected chi connectivity index (χ2v) is 4.88. The topological polar surface area (TPSA) is 55.1 Å². The van der Waals surface area contributed by atoms with E-state index in [1.807, 2.05) is 0 Å². The Balaban J connectivity index is 1.90. The average molecular weight is 307 g/mol. The Morgan fingerprint density at radius 3 is 2.90 bits per heavy atom. The molecule has 20 heavy (non-hydrogen) atoms. The number of halogens is 2. The van der Waals surface area contributed by atoms with Crippen molar-refractivity contribution >= 4 is 45.9 Å². The number of aromatic nitrogens is 1. The molecule has 0 aliphatic heterocycles. The van der Waals surface area contributed by atoms with Crippen molar-refractivity contribution in [3.05, 3.63) is 58.4 Å². The number of oxazole rings is 1. The van der Waals surface area contributed by atoms with Gasteiger partial charge in [-0.2, -0.15) is 0 Å². The van der Waals surface area contributed by atoms with E-state index in [4.69, 9.17) is 27.6 Å². The van der Waals surface area contributed by atoms with Crippen molar-refractivity contribution in [2.45, 2.75) is 0 Å². The summed E-state index contributed by atoms with van der Waals surface area (Å²) in [5.41, 5.74) is 2.25. The van der Waals surface area contributed by atoms with Gasteiger partial charge in [0.05, 0.1) is 15.6 Å². The summed E-state index contributed by atoms with van der Waals surface area (Å²) in [6, 6.07) is 10.1. The Hall–Kier alpha value is -2.04. The summed E-state index contributed by atoms with van der Waals surface area (Å²) in [6.07, 6.45) is 1.35. The molecule has 0 aliphatic carbocycles. The highest BCUT2D eigenvalue weighted by atomic mass is 35.5. The summed E-state index contributed by atoms with van der Waals surface area (Å²) in [5, 5.41) is 3.31. The van der Waals surface area contributed by atoms with Gasteiger partial charge in [0.25, 0.3) is 5.91 Å². The van der Waals surface area contributed by atoms with Gasteiger partial charge in [-0.3, -0.25) is 4.79 Å². The Morgan fingerprint density at radius 2 is 2.05 bits per heavy atom. The molecular weight excluding hydrogens is 299 g/mol. The van der Waals surface area contributed by atoms with Crippen LogP contribution in [0.2, 0.25) is 10.0 Å². The molecule has 2 aromatic carbocycles. The first-order valence-corrected chi connectivity index (χ1v) is 6.49. The van der Waals surface area contributed by atoms with Gasteiger partial charge in [0.1, 0.15) is 5.52 Å². The molecule has 1 heterocycles. The molecule has 3 aromatic rings. The largest absolute Gasteiger partial charge is 0.443 e. The van der Waals surface area contributed by atoms with Crippen molar-refractivity contribution in [2.24, 2.45) is 0 Å². The molecule has 0 unspecified atom stereocenters. The summed E-state index contributed by atoms with van der Waals surface area (Å²) in [5.74, 6) is -0.333. The highest BCUT2D eigenvalue weighted by Gasteiger charge is 2.13. The summed E-state index contributed by atoms with van der Waals surface area (Å²) < 4.78 is 5.13. The fraction of sp³-hybridized carbons (Fsp3) is 0. The number of anilines is 1. The van der Waals surface area contributed by atoms with Gasteiger partial charge in [0.2, 0.25) is 0 Å². The Kier molecular flexibility index (Phi) is 3.34. The van der Waals surface area contributed by atoms with E-state index in [1.54, 1.807) is 36.4 Å². The normalized spacial score (nSPS) is 10.7. The van der Waals surface area contributed by atoms with Gasteiger partial charge in [-0.15, -0.1) is 0 Å². The summed E-state index contributed by atoms with van der Waals surface area (Å²) >= 11 is 11.9. The molecule has 0 atom stereocenters. The zero-order valence-electron chi connectivity index (χ0n) is 10.1. The van der Waals surface area contributed by atoms with Crippen molar-refractivity contribution in [1.29, 1.82) is 0 Å². The van der Waals surface area contributed by atoms with Gasteiger partial charge in [0, 0.05) is 5.69 Å². The number of nitrogens with one attached hydrogen (secondary N) is 1. The molecule has 6 heteroatoms. The molecule has 0 saturated carbocycles.